The third kappa shape index (κ3) is 2.84. The lowest BCUT2D eigenvalue weighted by Crippen LogP contribution is -2.23. The highest BCUT2D eigenvalue weighted by atomic mass is 16.3. The van der Waals surface area contributed by atoms with Crippen molar-refractivity contribution in [2.45, 2.75) is 31.8 Å². The van der Waals surface area contributed by atoms with Gasteiger partial charge in [-0.25, -0.2) is 0 Å². The summed E-state index contributed by atoms with van der Waals surface area (Å²) in [6.45, 7) is 0.912. The van der Waals surface area contributed by atoms with Gasteiger partial charge in [0.1, 0.15) is 0 Å². The SMILES string of the molecule is OC1CCC(CNc2nncc3ccccc23)CC1. The van der Waals surface area contributed by atoms with Gasteiger partial charge >= 0.3 is 0 Å². The van der Waals surface area contributed by atoms with Crippen molar-refractivity contribution in [2.75, 3.05) is 11.9 Å². The standard InChI is InChI=1S/C15H19N3O/c19-13-7-5-11(6-8-13)9-16-15-14-4-2-1-3-12(14)10-17-18-15/h1-4,10-11,13,19H,5-9H2,(H,16,18). The van der Waals surface area contributed by atoms with Crippen molar-refractivity contribution in [3.05, 3.63) is 30.5 Å². The number of anilines is 1. The molecular weight excluding hydrogens is 238 g/mol. The van der Waals surface area contributed by atoms with E-state index in [0.29, 0.717) is 5.92 Å². The molecule has 1 fully saturated rings. The minimum Gasteiger partial charge on any atom is -0.393 e. The topological polar surface area (TPSA) is 58.0 Å². The Bertz CT molecular complexity index is 545. The van der Waals surface area contributed by atoms with E-state index in [9.17, 15) is 5.11 Å². The molecule has 3 rings (SSSR count). The van der Waals surface area contributed by atoms with Crippen LogP contribution >= 0.6 is 0 Å². The number of nitrogens with one attached hydrogen (secondary N) is 1. The van der Waals surface area contributed by atoms with E-state index in [1.54, 1.807) is 6.20 Å². The first-order valence-corrected chi connectivity index (χ1v) is 6.95. The summed E-state index contributed by atoms with van der Waals surface area (Å²) in [7, 11) is 0. The first-order valence-electron chi connectivity index (χ1n) is 6.95. The molecule has 0 radical (unpaired) electrons. The molecule has 0 amide bonds. The maximum absolute atomic E-state index is 9.51. The number of aromatic nitrogens is 2. The van der Waals surface area contributed by atoms with Crippen LogP contribution in [0.25, 0.3) is 10.8 Å². The lowest BCUT2D eigenvalue weighted by molar-refractivity contribution is 0.111. The summed E-state index contributed by atoms with van der Waals surface area (Å²) in [5.74, 6) is 1.49. The Labute approximate surface area is 112 Å². The van der Waals surface area contributed by atoms with Crippen molar-refractivity contribution in [1.82, 2.24) is 10.2 Å². The number of hydrogen-bond acceptors (Lipinski definition) is 4. The Balaban J connectivity index is 1.68. The normalized spacial score (nSPS) is 23.4. The summed E-state index contributed by atoms with van der Waals surface area (Å²) in [5, 5.41) is 23.4. The van der Waals surface area contributed by atoms with Crippen LogP contribution in [0.5, 0.6) is 0 Å². The molecule has 0 saturated heterocycles. The lowest BCUT2D eigenvalue weighted by Gasteiger charge is -2.25. The first-order chi connectivity index (χ1) is 9.33. The highest BCUT2D eigenvalue weighted by Crippen LogP contribution is 2.25. The zero-order valence-electron chi connectivity index (χ0n) is 10.9. The maximum atomic E-state index is 9.51. The van der Waals surface area contributed by atoms with Crippen LogP contribution in [-0.2, 0) is 0 Å². The third-order valence-corrected chi connectivity index (χ3v) is 3.94. The second kappa shape index (κ2) is 5.53. The van der Waals surface area contributed by atoms with Crippen LogP contribution in [0.15, 0.2) is 30.5 Å². The first kappa shape index (κ1) is 12.4. The molecule has 4 heteroatoms. The van der Waals surface area contributed by atoms with Crippen LogP contribution in [0, 0.1) is 5.92 Å². The zero-order valence-corrected chi connectivity index (χ0v) is 10.9. The van der Waals surface area contributed by atoms with Gasteiger partial charge in [0.25, 0.3) is 0 Å². The Kier molecular flexibility index (Phi) is 3.60. The van der Waals surface area contributed by atoms with Gasteiger partial charge in [-0.05, 0) is 31.6 Å². The summed E-state index contributed by atoms with van der Waals surface area (Å²) in [6, 6.07) is 8.14. The third-order valence-electron chi connectivity index (χ3n) is 3.94. The van der Waals surface area contributed by atoms with Gasteiger partial charge in [0, 0.05) is 17.3 Å². The predicted octanol–water partition coefficient (Wildman–Crippen LogP) is 2.59. The van der Waals surface area contributed by atoms with E-state index in [0.717, 1.165) is 48.8 Å². The molecule has 0 bridgehead atoms. The van der Waals surface area contributed by atoms with Crippen LogP contribution in [0.2, 0.25) is 0 Å². The van der Waals surface area contributed by atoms with E-state index in [1.165, 1.54) is 0 Å². The molecule has 1 saturated carbocycles. The van der Waals surface area contributed by atoms with E-state index >= 15 is 0 Å². The Morgan fingerprint density at radius 2 is 1.95 bits per heavy atom. The van der Waals surface area contributed by atoms with Gasteiger partial charge in [0.15, 0.2) is 5.82 Å². The molecule has 1 aromatic heterocycles. The van der Waals surface area contributed by atoms with Gasteiger partial charge in [-0.2, -0.15) is 5.10 Å². The van der Waals surface area contributed by atoms with Crippen molar-refractivity contribution in [3.63, 3.8) is 0 Å². The van der Waals surface area contributed by atoms with Crippen LogP contribution in [-0.4, -0.2) is 28.0 Å². The van der Waals surface area contributed by atoms with Gasteiger partial charge in [0.2, 0.25) is 0 Å². The average molecular weight is 257 g/mol. The molecule has 0 unspecified atom stereocenters. The summed E-state index contributed by atoms with van der Waals surface area (Å²) in [4.78, 5) is 0. The quantitative estimate of drug-likeness (QED) is 0.887. The molecule has 0 aliphatic heterocycles. The molecule has 1 aliphatic rings. The van der Waals surface area contributed by atoms with Crippen LogP contribution in [0.1, 0.15) is 25.7 Å². The van der Waals surface area contributed by atoms with Gasteiger partial charge in [-0.1, -0.05) is 24.3 Å². The molecule has 1 aliphatic carbocycles. The monoisotopic (exact) mass is 257 g/mol. The second-order valence-electron chi connectivity index (χ2n) is 5.34. The van der Waals surface area contributed by atoms with Crippen molar-refractivity contribution in [1.29, 1.82) is 0 Å². The average Bonchev–Trinajstić information content (AvgIpc) is 2.47. The summed E-state index contributed by atoms with van der Waals surface area (Å²) < 4.78 is 0. The number of hydrogen-bond donors (Lipinski definition) is 2. The number of nitrogens with zero attached hydrogens (tertiary/aromatic N) is 2. The molecular formula is C15H19N3O. The van der Waals surface area contributed by atoms with E-state index in [1.807, 2.05) is 18.2 Å². The molecule has 19 heavy (non-hydrogen) atoms. The van der Waals surface area contributed by atoms with Crippen molar-refractivity contribution in [2.24, 2.45) is 5.92 Å². The highest BCUT2D eigenvalue weighted by Gasteiger charge is 2.19. The molecule has 4 nitrogen and oxygen atoms in total. The molecule has 1 heterocycles. The van der Waals surface area contributed by atoms with Crippen LogP contribution in [0.3, 0.4) is 0 Å². The second-order valence-corrected chi connectivity index (χ2v) is 5.34. The highest BCUT2D eigenvalue weighted by molar-refractivity contribution is 5.90. The van der Waals surface area contributed by atoms with Crippen molar-refractivity contribution < 1.29 is 5.11 Å². The zero-order chi connectivity index (χ0) is 13.1. The smallest absolute Gasteiger partial charge is 0.156 e. The Morgan fingerprint density at radius 3 is 2.79 bits per heavy atom. The van der Waals surface area contributed by atoms with E-state index in [2.05, 4.69) is 21.6 Å². The number of aliphatic hydroxyl groups excluding tert-OH is 1. The van der Waals surface area contributed by atoms with Gasteiger partial charge in [0.05, 0.1) is 12.3 Å². The Hall–Kier alpha value is -1.68. The largest absolute Gasteiger partial charge is 0.393 e. The van der Waals surface area contributed by atoms with Crippen molar-refractivity contribution >= 4 is 16.6 Å². The summed E-state index contributed by atoms with van der Waals surface area (Å²) in [6.07, 6.45) is 5.73. The summed E-state index contributed by atoms with van der Waals surface area (Å²) in [5.41, 5.74) is 0. The fourth-order valence-electron chi connectivity index (χ4n) is 2.75. The van der Waals surface area contributed by atoms with Gasteiger partial charge in [-0.15, -0.1) is 5.10 Å². The fourth-order valence-corrected chi connectivity index (χ4v) is 2.75. The number of fused-ring (bicyclic) bond motifs is 1. The van der Waals surface area contributed by atoms with Crippen molar-refractivity contribution in [3.8, 4) is 0 Å². The minimum absolute atomic E-state index is 0.0893. The number of rotatable bonds is 3. The molecule has 100 valence electrons. The van der Waals surface area contributed by atoms with E-state index in [-0.39, 0.29) is 6.10 Å². The van der Waals surface area contributed by atoms with E-state index < -0.39 is 0 Å². The summed E-state index contributed by atoms with van der Waals surface area (Å²) >= 11 is 0. The number of aliphatic hydroxyl groups is 1. The fraction of sp³-hybridized carbons (Fsp3) is 0.467. The maximum Gasteiger partial charge on any atom is 0.156 e. The lowest BCUT2D eigenvalue weighted by atomic mass is 9.87. The van der Waals surface area contributed by atoms with Crippen LogP contribution in [0.4, 0.5) is 5.82 Å². The van der Waals surface area contributed by atoms with Crippen LogP contribution < -0.4 is 5.32 Å². The predicted molar refractivity (Wildman–Crippen MR) is 76.0 cm³/mol. The van der Waals surface area contributed by atoms with Gasteiger partial charge < -0.3 is 10.4 Å². The molecule has 2 aromatic rings. The minimum atomic E-state index is -0.0893. The molecule has 2 N–H and O–H groups in total. The molecule has 1 aromatic carbocycles. The molecule has 0 spiro atoms. The van der Waals surface area contributed by atoms with E-state index in [4.69, 9.17) is 0 Å². The Morgan fingerprint density at radius 1 is 1.16 bits per heavy atom. The number of benzene rings is 1. The van der Waals surface area contributed by atoms with Gasteiger partial charge in [-0.3, -0.25) is 0 Å². The molecule has 0 atom stereocenters.